The van der Waals surface area contributed by atoms with Crippen molar-refractivity contribution in [2.75, 3.05) is 19.6 Å². The molecule has 0 saturated carbocycles. The molecule has 7 heteroatoms. The van der Waals surface area contributed by atoms with Crippen LogP contribution < -0.4 is 16.4 Å². The molecule has 0 aliphatic carbocycles. The largest absolute Gasteiger partial charge is 0.351 e. The number of aromatic nitrogens is 2. The van der Waals surface area contributed by atoms with E-state index in [1.807, 2.05) is 43.3 Å². The number of piperidine rings is 1. The van der Waals surface area contributed by atoms with Crippen LogP contribution in [-0.2, 0) is 13.1 Å². The molecule has 174 valence electrons. The van der Waals surface area contributed by atoms with Crippen LogP contribution in [0.2, 0.25) is 0 Å². The third kappa shape index (κ3) is 4.93. The molecule has 1 aromatic heterocycles. The van der Waals surface area contributed by atoms with Gasteiger partial charge in [0, 0.05) is 31.2 Å². The molecule has 0 radical (unpaired) electrons. The molecular formula is C26H32N4O3. The summed E-state index contributed by atoms with van der Waals surface area (Å²) in [6.07, 6.45) is 3.74. The van der Waals surface area contributed by atoms with Crippen LogP contribution in [0.3, 0.4) is 0 Å². The second-order valence-corrected chi connectivity index (χ2v) is 8.76. The lowest BCUT2D eigenvalue weighted by Crippen LogP contribution is -2.42. The van der Waals surface area contributed by atoms with Gasteiger partial charge in [0.15, 0.2) is 0 Å². The van der Waals surface area contributed by atoms with Gasteiger partial charge < -0.3 is 9.88 Å². The average Bonchev–Trinajstić information content (AvgIpc) is 2.84. The Morgan fingerprint density at radius 3 is 2.30 bits per heavy atom. The van der Waals surface area contributed by atoms with Gasteiger partial charge in [-0.2, -0.15) is 0 Å². The molecule has 33 heavy (non-hydrogen) atoms. The fourth-order valence-electron chi connectivity index (χ4n) is 4.69. The van der Waals surface area contributed by atoms with E-state index in [1.54, 1.807) is 12.1 Å². The molecule has 2 heterocycles. The van der Waals surface area contributed by atoms with Crippen molar-refractivity contribution >= 4 is 16.9 Å². The molecule has 0 bridgehead atoms. The first-order chi connectivity index (χ1) is 16.0. The lowest BCUT2D eigenvalue weighted by Gasteiger charge is -2.33. The molecule has 1 saturated heterocycles. The van der Waals surface area contributed by atoms with E-state index in [-0.39, 0.29) is 12.5 Å². The number of likely N-dealkylation sites (tertiary alicyclic amines) is 1. The van der Waals surface area contributed by atoms with Crippen LogP contribution in [0.4, 0.5) is 0 Å². The Kier molecular flexibility index (Phi) is 7.08. The first kappa shape index (κ1) is 23.0. The van der Waals surface area contributed by atoms with E-state index in [0.717, 1.165) is 29.7 Å². The number of carbonyl (C=O) groups excluding carboxylic acids is 1. The Morgan fingerprint density at radius 2 is 1.64 bits per heavy atom. The summed E-state index contributed by atoms with van der Waals surface area (Å²) in [4.78, 5) is 40.3. The quantitative estimate of drug-likeness (QED) is 0.564. The summed E-state index contributed by atoms with van der Waals surface area (Å²) in [5.74, 6) is -0.0978. The van der Waals surface area contributed by atoms with E-state index >= 15 is 0 Å². The predicted octanol–water partition coefficient (Wildman–Crippen LogP) is 2.84. The lowest BCUT2D eigenvalue weighted by atomic mass is 10.0. The molecule has 1 amide bonds. The van der Waals surface area contributed by atoms with E-state index in [2.05, 4.69) is 17.1 Å². The second kappa shape index (κ2) is 10.2. The number of hydrogen-bond acceptors (Lipinski definition) is 4. The Morgan fingerprint density at radius 1 is 0.970 bits per heavy atom. The van der Waals surface area contributed by atoms with Crippen molar-refractivity contribution in [1.82, 2.24) is 19.4 Å². The van der Waals surface area contributed by atoms with E-state index in [1.165, 1.54) is 28.4 Å². The second-order valence-electron chi connectivity index (χ2n) is 8.76. The van der Waals surface area contributed by atoms with Crippen LogP contribution >= 0.6 is 0 Å². The summed E-state index contributed by atoms with van der Waals surface area (Å²) < 4.78 is 3.02. The minimum Gasteiger partial charge on any atom is -0.351 e. The highest BCUT2D eigenvalue weighted by Gasteiger charge is 2.18. The van der Waals surface area contributed by atoms with Gasteiger partial charge in [-0.25, -0.2) is 0 Å². The maximum Gasteiger partial charge on any atom is 0.317 e. The highest BCUT2D eigenvalue weighted by Crippen LogP contribution is 2.16. The van der Waals surface area contributed by atoms with Gasteiger partial charge in [0.2, 0.25) is 0 Å². The van der Waals surface area contributed by atoms with Crippen molar-refractivity contribution in [3.05, 3.63) is 80.4 Å². The van der Waals surface area contributed by atoms with Crippen molar-refractivity contribution in [3.63, 3.8) is 0 Å². The molecule has 1 N–H and O–H groups in total. The van der Waals surface area contributed by atoms with E-state index in [9.17, 15) is 14.4 Å². The predicted molar refractivity (Wildman–Crippen MR) is 131 cm³/mol. The first-order valence-electron chi connectivity index (χ1n) is 11.8. The number of aryl methyl sites for hydroxylation is 1. The van der Waals surface area contributed by atoms with Crippen LogP contribution in [-0.4, -0.2) is 45.6 Å². The first-order valence-corrected chi connectivity index (χ1v) is 11.8. The van der Waals surface area contributed by atoms with E-state index < -0.39 is 11.1 Å². The van der Waals surface area contributed by atoms with Crippen molar-refractivity contribution in [2.45, 2.75) is 52.2 Å². The smallest absolute Gasteiger partial charge is 0.317 e. The standard InChI is InChI=1S/C26H32N4O3/c1-3-29-22-9-4-5-10-23(22)30(26(33)25(29)32)18-20-11-13-21(14-12-20)24(31)27-15-17-28-16-7-6-8-19(28)2/h4-5,9-14,19H,3,6-8,15-18H2,1-2H3,(H,27,31). The SMILES string of the molecule is CCn1c(=O)c(=O)n(Cc2ccc(C(=O)NCCN3CCCCC3C)cc2)c2ccccc21. The van der Waals surface area contributed by atoms with Crippen molar-refractivity contribution in [2.24, 2.45) is 0 Å². The van der Waals surface area contributed by atoms with Crippen LogP contribution in [0.5, 0.6) is 0 Å². The number of para-hydroxylation sites is 2. The van der Waals surface area contributed by atoms with Gasteiger partial charge in [0.25, 0.3) is 5.91 Å². The summed E-state index contributed by atoms with van der Waals surface area (Å²) in [5, 5.41) is 3.01. The van der Waals surface area contributed by atoms with E-state index in [4.69, 9.17) is 0 Å². The summed E-state index contributed by atoms with van der Waals surface area (Å²) >= 11 is 0. The number of carbonyl (C=O) groups is 1. The van der Waals surface area contributed by atoms with Crippen LogP contribution in [0.15, 0.2) is 58.1 Å². The number of nitrogens with zero attached hydrogens (tertiary/aromatic N) is 3. The van der Waals surface area contributed by atoms with Gasteiger partial charge in [0.1, 0.15) is 0 Å². The number of nitrogens with one attached hydrogen (secondary N) is 1. The Bertz CT molecular complexity index is 1240. The van der Waals surface area contributed by atoms with Gasteiger partial charge in [-0.05, 0) is 63.1 Å². The molecule has 7 nitrogen and oxygen atoms in total. The van der Waals surface area contributed by atoms with Crippen LogP contribution in [0.25, 0.3) is 11.0 Å². The van der Waals surface area contributed by atoms with Crippen molar-refractivity contribution in [1.29, 1.82) is 0 Å². The van der Waals surface area contributed by atoms with Gasteiger partial charge in [0.05, 0.1) is 17.6 Å². The number of benzene rings is 2. The van der Waals surface area contributed by atoms with Gasteiger partial charge in [-0.1, -0.05) is 30.7 Å². The number of hydrogen-bond donors (Lipinski definition) is 1. The minimum absolute atomic E-state index is 0.0978. The average molecular weight is 449 g/mol. The zero-order chi connectivity index (χ0) is 23.4. The molecule has 1 unspecified atom stereocenters. The van der Waals surface area contributed by atoms with Gasteiger partial charge in [-0.15, -0.1) is 0 Å². The molecule has 2 aromatic carbocycles. The Hall–Kier alpha value is -3.19. The lowest BCUT2D eigenvalue weighted by molar-refractivity contribution is 0.0938. The molecule has 3 aromatic rings. The van der Waals surface area contributed by atoms with Gasteiger partial charge in [-0.3, -0.25) is 23.9 Å². The number of rotatable bonds is 7. The summed E-state index contributed by atoms with van der Waals surface area (Å²) in [5.41, 5.74) is 1.85. The summed E-state index contributed by atoms with van der Waals surface area (Å²) in [6, 6.07) is 15.2. The fraction of sp³-hybridized carbons (Fsp3) is 0.423. The molecule has 0 spiro atoms. The highest BCUT2D eigenvalue weighted by atomic mass is 16.2. The zero-order valence-electron chi connectivity index (χ0n) is 19.4. The monoisotopic (exact) mass is 448 g/mol. The number of amides is 1. The molecule has 4 rings (SSSR count). The van der Waals surface area contributed by atoms with Crippen LogP contribution in [0.1, 0.15) is 49.0 Å². The molecule has 1 aliphatic rings. The fourth-order valence-corrected chi connectivity index (χ4v) is 4.69. The third-order valence-corrected chi connectivity index (χ3v) is 6.63. The maximum absolute atomic E-state index is 12.8. The third-order valence-electron chi connectivity index (χ3n) is 6.63. The van der Waals surface area contributed by atoms with Crippen molar-refractivity contribution < 1.29 is 4.79 Å². The molecule has 1 fully saturated rings. The maximum atomic E-state index is 12.8. The molecular weight excluding hydrogens is 416 g/mol. The Labute approximate surface area is 193 Å². The summed E-state index contributed by atoms with van der Waals surface area (Å²) in [6.45, 7) is 7.41. The summed E-state index contributed by atoms with van der Waals surface area (Å²) in [7, 11) is 0. The van der Waals surface area contributed by atoms with Crippen molar-refractivity contribution in [3.8, 4) is 0 Å². The van der Waals surface area contributed by atoms with Gasteiger partial charge >= 0.3 is 11.1 Å². The Balaban J connectivity index is 1.45. The number of fused-ring (bicyclic) bond motifs is 1. The molecule has 1 atom stereocenters. The normalized spacial score (nSPS) is 16.7. The minimum atomic E-state index is -0.538. The van der Waals surface area contributed by atoms with Crippen LogP contribution in [0, 0.1) is 0 Å². The topological polar surface area (TPSA) is 76.3 Å². The zero-order valence-corrected chi connectivity index (χ0v) is 19.4. The molecule has 1 aliphatic heterocycles. The van der Waals surface area contributed by atoms with E-state index in [0.29, 0.717) is 24.7 Å². The highest BCUT2D eigenvalue weighted by molar-refractivity contribution is 5.94.